The standard InChI is InChI=1S/C18H24N4O2/c19-5-7-24-12-13-2-1-6-22(11-13)17-10-21-9-15-4-3-14(18(20)23)8-16(15)17/h3-4,8-10,13H,1-2,5-7,11-12,19H2,(H2,20,23). The average molecular weight is 328 g/mol. The van der Waals surface area contributed by atoms with Crippen molar-refractivity contribution in [2.24, 2.45) is 17.4 Å². The van der Waals surface area contributed by atoms with Gasteiger partial charge in [0.1, 0.15) is 0 Å². The van der Waals surface area contributed by atoms with Gasteiger partial charge in [-0.15, -0.1) is 0 Å². The van der Waals surface area contributed by atoms with Crippen LogP contribution >= 0.6 is 0 Å². The molecule has 1 aliphatic heterocycles. The first-order valence-corrected chi connectivity index (χ1v) is 8.39. The lowest BCUT2D eigenvalue weighted by atomic mass is 9.97. The molecule has 1 aliphatic rings. The highest BCUT2D eigenvalue weighted by atomic mass is 16.5. The van der Waals surface area contributed by atoms with Crippen LogP contribution in [-0.4, -0.2) is 43.7 Å². The molecule has 1 atom stereocenters. The Balaban J connectivity index is 1.85. The van der Waals surface area contributed by atoms with Gasteiger partial charge in [-0.2, -0.15) is 0 Å². The molecule has 1 saturated heterocycles. The Morgan fingerprint density at radius 3 is 3.04 bits per heavy atom. The second-order valence-corrected chi connectivity index (χ2v) is 6.28. The number of fused-ring (bicyclic) bond motifs is 1. The molecule has 1 amide bonds. The van der Waals surface area contributed by atoms with E-state index in [2.05, 4.69) is 9.88 Å². The minimum Gasteiger partial charge on any atom is -0.380 e. The van der Waals surface area contributed by atoms with E-state index in [1.165, 1.54) is 0 Å². The quantitative estimate of drug-likeness (QED) is 0.784. The van der Waals surface area contributed by atoms with E-state index in [9.17, 15) is 4.79 Å². The molecule has 1 aromatic carbocycles. The van der Waals surface area contributed by atoms with E-state index in [-0.39, 0.29) is 0 Å². The molecule has 1 aromatic heterocycles. The normalized spacial score (nSPS) is 18.0. The fourth-order valence-electron chi connectivity index (χ4n) is 3.31. The summed E-state index contributed by atoms with van der Waals surface area (Å²) in [6.45, 7) is 3.80. The van der Waals surface area contributed by atoms with Crippen LogP contribution in [0.1, 0.15) is 23.2 Å². The van der Waals surface area contributed by atoms with Crippen LogP contribution in [0.2, 0.25) is 0 Å². The Labute approximate surface area is 141 Å². The molecule has 1 fully saturated rings. The summed E-state index contributed by atoms with van der Waals surface area (Å²) in [4.78, 5) is 18.2. The maximum Gasteiger partial charge on any atom is 0.248 e. The first kappa shape index (κ1) is 16.7. The molecule has 4 N–H and O–H groups in total. The van der Waals surface area contributed by atoms with Crippen molar-refractivity contribution in [3.8, 4) is 0 Å². The highest BCUT2D eigenvalue weighted by molar-refractivity contribution is 6.01. The molecule has 3 rings (SSSR count). The van der Waals surface area contributed by atoms with Gasteiger partial charge in [0.2, 0.25) is 5.91 Å². The number of carbonyl (C=O) groups is 1. The van der Waals surface area contributed by atoms with Crippen molar-refractivity contribution in [1.29, 1.82) is 0 Å². The minimum atomic E-state index is -0.411. The zero-order valence-corrected chi connectivity index (χ0v) is 13.8. The molecule has 0 spiro atoms. The summed E-state index contributed by atoms with van der Waals surface area (Å²) in [5.74, 6) is 0.0752. The third-order valence-corrected chi connectivity index (χ3v) is 4.50. The number of primary amides is 1. The third-order valence-electron chi connectivity index (χ3n) is 4.50. The van der Waals surface area contributed by atoms with E-state index in [0.717, 1.165) is 49.0 Å². The molecule has 0 saturated carbocycles. The van der Waals surface area contributed by atoms with Crippen LogP contribution in [-0.2, 0) is 4.74 Å². The van der Waals surface area contributed by atoms with E-state index in [1.807, 2.05) is 24.5 Å². The highest BCUT2D eigenvalue weighted by Gasteiger charge is 2.22. The second-order valence-electron chi connectivity index (χ2n) is 6.28. The molecule has 6 nitrogen and oxygen atoms in total. The summed E-state index contributed by atoms with van der Waals surface area (Å²) in [5.41, 5.74) is 12.5. The van der Waals surface area contributed by atoms with E-state index in [0.29, 0.717) is 24.6 Å². The first-order valence-electron chi connectivity index (χ1n) is 8.39. The molecule has 24 heavy (non-hydrogen) atoms. The number of aromatic nitrogens is 1. The maximum absolute atomic E-state index is 11.5. The molecule has 0 bridgehead atoms. The molecular formula is C18H24N4O2. The molecule has 0 aliphatic carbocycles. The fraction of sp³-hybridized carbons (Fsp3) is 0.444. The van der Waals surface area contributed by atoms with Crippen molar-refractivity contribution in [2.75, 3.05) is 37.7 Å². The van der Waals surface area contributed by atoms with Crippen LogP contribution in [0.5, 0.6) is 0 Å². The number of ether oxygens (including phenoxy) is 1. The molecule has 1 unspecified atom stereocenters. The zero-order chi connectivity index (χ0) is 16.9. The predicted molar refractivity (Wildman–Crippen MR) is 95.1 cm³/mol. The van der Waals surface area contributed by atoms with Crippen molar-refractivity contribution >= 4 is 22.4 Å². The number of pyridine rings is 1. The SMILES string of the molecule is NCCOCC1CCCN(c2cncc3ccc(C(N)=O)cc23)C1. The van der Waals surface area contributed by atoms with Crippen molar-refractivity contribution in [3.05, 3.63) is 36.2 Å². The zero-order valence-electron chi connectivity index (χ0n) is 13.8. The maximum atomic E-state index is 11.5. The van der Waals surface area contributed by atoms with Crippen molar-refractivity contribution in [1.82, 2.24) is 4.98 Å². The molecule has 2 aromatic rings. The first-order chi connectivity index (χ1) is 11.7. The number of anilines is 1. The Kier molecular flexibility index (Phi) is 5.27. The van der Waals surface area contributed by atoms with Gasteiger partial charge in [-0.3, -0.25) is 9.78 Å². The molecule has 2 heterocycles. The van der Waals surface area contributed by atoms with E-state index in [4.69, 9.17) is 16.2 Å². The monoisotopic (exact) mass is 328 g/mol. The van der Waals surface area contributed by atoms with E-state index in [1.54, 1.807) is 6.07 Å². The van der Waals surface area contributed by atoms with Crippen LogP contribution in [0, 0.1) is 5.92 Å². The van der Waals surface area contributed by atoms with E-state index < -0.39 is 5.91 Å². The van der Waals surface area contributed by atoms with Crippen LogP contribution in [0.3, 0.4) is 0 Å². The van der Waals surface area contributed by atoms with Crippen LogP contribution in [0.25, 0.3) is 10.8 Å². The fourth-order valence-corrected chi connectivity index (χ4v) is 3.31. The lowest BCUT2D eigenvalue weighted by Gasteiger charge is -2.34. The lowest BCUT2D eigenvalue weighted by Crippen LogP contribution is -2.37. The summed E-state index contributed by atoms with van der Waals surface area (Å²) in [7, 11) is 0. The number of benzene rings is 1. The van der Waals surface area contributed by atoms with Crippen LogP contribution in [0.15, 0.2) is 30.6 Å². The van der Waals surface area contributed by atoms with Gasteiger partial charge in [-0.1, -0.05) is 6.07 Å². The van der Waals surface area contributed by atoms with E-state index >= 15 is 0 Å². The number of hydrogen-bond donors (Lipinski definition) is 2. The highest BCUT2D eigenvalue weighted by Crippen LogP contribution is 2.30. The summed E-state index contributed by atoms with van der Waals surface area (Å²) in [6.07, 6.45) is 5.96. The number of nitrogens with zero attached hydrogens (tertiary/aromatic N) is 2. The van der Waals surface area contributed by atoms with Gasteiger partial charge in [0, 0.05) is 42.2 Å². The Morgan fingerprint density at radius 1 is 1.38 bits per heavy atom. The van der Waals surface area contributed by atoms with Crippen molar-refractivity contribution in [2.45, 2.75) is 12.8 Å². The van der Waals surface area contributed by atoms with Gasteiger partial charge in [0.25, 0.3) is 0 Å². The van der Waals surface area contributed by atoms with Crippen LogP contribution in [0.4, 0.5) is 5.69 Å². The van der Waals surface area contributed by atoms with Crippen molar-refractivity contribution in [3.63, 3.8) is 0 Å². The summed E-state index contributed by atoms with van der Waals surface area (Å²) < 4.78 is 5.62. The Morgan fingerprint density at radius 2 is 2.25 bits per heavy atom. The summed E-state index contributed by atoms with van der Waals surface area (Å²) >= 11 is 0. The minimum absolute atomic E-state index is 0.411. The number of amides is 1. The number of hydrogen-bond acceptors (Lipinski definition) is 5. The number of nitrogens with two attached hydrogens (primary N) is 2. The van der Waals surface area contributed by atoms with Crippen molar-refractivity contribution < 1.29 is 9.53 Å². The van der Waals surface area contributed by atoms with Gasteiger partial charge in [0.15, 0.2) is 0 Å². The smallest absolute Gasteiger partial charge is 0.248 e. The average Bonchev–Trinajstić information content (AvgIpc) is 2.61. The number of carbonyl (C=O) groups excluding carboxylic acids is 1. The van der Waals surface area contributed by atoms with Gasteiger partial charge >= 0.3 is 0 Å². The topological polar surface area (TPSA) is 94.5 Å². The third kappa shape index (κ3) is 3.66. The van der Waals surface area contributed by atoms with Gasteiger partial charge in [-0.25, -0.2) is 0 Å². The van der Waals surface area contributed by atoms with Gasteiger partial charge in [0.05, 0.1) is 25.1 Å². The number of rotatable bonds is 6. The second kappa shape index (κ2) is 7.59. The molecular weight excluding hydrogens is 304 g/mol. The summed E-state index contributed by atoms with van der Waals surface area (Å²) in [5, 5.41) is 2.03. The summed E-state index contributed by atoms with van der Waals surface area (Å²) in [6, 6.07) is 5.51. The predicted octanol–water partition coefficient (Wildman–Crippen LogP) is 1.53. The van der Waals surface area contributed by atoms with Gasteiger partial charge < -0.3 is 21.1 Å². The number of piperidine rings is 1. The largest absolute Gasteiger partial charge is 0.380 e. The Hall–Kier alpha value is -2.18. The van der Waals surface area contributed by atoms with Gasteiger partial charge in [-0.05, 0) is 30.9 Å². The molecule has 0 radical (unpaired) electrons. The molecule has 6 heteroatoms. The van der Waals surface area contributed by atoms with Crippen LogP contribution < -0.4 is 16.4 Å². The molecule has 128 valence electrons. The Bertz CT molecular complexity index is 719. The lowest BCUT2D eigenvalue weighted by molar-refractivity contribution is 0.0993.